The Morgan fingerprint density at radius 2 is 1.85 bits per heavy atom. The molecule has 2 N–H and O–H groups in total. The molecule has 1 atom stereocenters. The molecule has 1 amide bonds. The molecule has 2 aromatic carbocycles. The van der Waals surface area contributed by atoms with Crippen molar-refractivity contribution in [2.24, 2.45) is 5.73 Å². The lowest BCUT2D eigenvalue weighted by molar-refractivity contribution is -0.119. The minimum atomic E-state index is -3.66. The summed E-state index contributed by atoms with van der Waals surface area (Å²) in [7, 11) is -2.12. The van der Waals surface area contributed by atoms with Gasteiger partial charge in [-0.05, 0) is 35.4 Å². The number of benzene rings is 2. The summed E-state index contributed by atoms with van der Waals surface area (Å²) >= 11 is 0. The number of fused-ring (bicyclic) bond motifs is 1. The van der Waals surface area contributed by atoms with Gasteiger partial charge in [0.25, 0.3) is 5.91 Å². The molecular formula is C19H22N2O5S. The number of nitrogens with two attached hydrogens (primary N) is 1. The smallest absolute Gasteiger partial charge is 0.255 e. The van der Waals surface area contributed by atoms with Crippen molar-refractivity contribution < 1.29 is 22.7 Å². The maximum atomic E-state index is 12.8. The van der Waals surface area contributed by atoms with Gasteiger partial charge in [0, 0.05) is 20.0 Å². The highest BCUT2D eigenvalue weighted by Crippen LogP contribution is 2.23. The number of likely N-dealkylation sites (N-methyl/N-ethyl adjacent to an activating group) is 1. The fraction of sp³-hybridized carbons (Fsp3) is 0.316. The van der Waals surface area contributed by atoms with Gasteiger partial charge in [0.1, 0.15) is 5.75 Å². The molecule has 1 aliphatic rings. The Bertz CT molecular complexity index is 912. The molecule has 1 aliphatic heterocycles. The largest absolute Gasteiger partial charge is 0.484 e. The summed E-state index contributed by atoms with van der Waals surface area (Å²) in [5, 5.41) is 0. The van der Waals surface area contributed by atoms with E-state index in [-0.39, 0.29) is 24.2 Å². The number of primary amides is 1. The van der Waals surface area contributed by atoms with Crippen LogP contribution >= 0.6 is 0 Å². The number of rotatable bonds is 7. The predicted molar refractivity (Wildman–Crippen MR) is 99.7 cm³/mol. The van der Waals surface area contributed by atoms with E-state index in [2.05, 4.69) is 0 Å². The highest BCUT2D eigenvalue weighted by molar-refractivity contribution is 7.89. The number of amides is 1. The van der Waals surface area contributed by atoms with Crippen molar-refractivity contribution >= 4 is 15.9 Å². The molecule has 0 aromatic heterocycles. The van der Waals surface area contributed by atoms with Crippen molar-refractivity contribution in [2.75, 3.05) is 20.2 Å². The van der Waals surface area contributed by atoms with E-state index in [9.17, 15) is 13.2 Å². The molecule has 1 heterocycles. The van der Waals surface area contributed by atoms with Crippen molar-refractivity contribution in [3.05, 3.63) is 59.7 Å². The van der Waals surface area contributed by atoms with Gasteiger partial charge in [-0.1, -0.05) is 24.3 Å². The van der Waals surface area contributed by atoms with E-state index in [1.807, 2.05) is 24.3 Å². The molecule has 0 saturated carbocycles. The van der Waals surface area contributed by atoms with E-state index in [0.717, 1.165) is 5.56 Å². The molecule has 7 nitrogen and oxygen atoms in total. The first-order chi connectivity index (χ1) is 12.9. The van der Waals surface area contributed by atoms with Crippen LogP contribution in [0.4, 0.5) is 0 Å². The number of sulfonamides is 1. The van der Waals surface area contributed by atoms with Crippen molar-refractivity contribution in [3.8, 4) is 5.75 Å². The lowest BCUT2D eigenvalue weighted by Gasteiger charge is -2.28. The quantitative estimate of drug-likeness (QED) is 0.769. The van der Waals surface area contributed by atoms with E-state index in [4.69, 9.17) is 15.2 Å². The van der Waals surface area contributed by atoms with Gasteiger partial charge in [0.05, 0.1) is 17.6 Å². The lowest BCUT2D eigenvalue weighted by atomic mass is 9.99. The number of ether oxygens (including phenoxy) is 2. The second kappa shape index (κ2) is 8.08. The molecule has 0 saturated heterocycles. The molecule has 0 fully saturated rings. The first-order valence-electron chi connectivity index (χ1n) is 8.52. The molecule has 0 aliphatic carbocycles. The Morgan fingerprint density at radius 1 is 1.19 bits per heavy atom. The molecule has 0 spiro atoms. The van der Waals surface area contributed by atoms with Gasteiger partial charge >= 0.3 is 0 Å². The Labute approximate surface area is 158 Å². The fourth-order valence-electron chi connectivity index (χ4n) is 2.95. The summed E-state index contributed by atoms with van der Waals surface area (Å²) in [5.41, 5.74) is 7.35. The van der Waals surface area contributed by atoms with Crippen LogP contribution in [0.15, 0.2) is 53.4 Å². The molecule has 0 unspecified atom stereocenters. The molecule has 2 aromatic rings. The number of carbonyl (C=O) groups excluding carboxylic acids is 1. The summed E-state index contributed by atoms with van der Waals surface area (Å²) in [6.07, 6.45) is 0.480. The topological polar surface area (TPSA) is 98.9 Å². The molecular weight excluding hydrogens is 368 g/mol. The van der Waals surface area contributed by atoms with E-state index in [0.29, 0.717) is 18.8 Å². The minimum absolute atomic E-state index is 0.146. The summed E-state index contributed by atoms with van der Waals surface area (Å²) in [5.74, 6) is -0.219. The number of hydrogen-bond acceptors (Lipinski definition) is 5. The first-order valence-corrected chi connectivity index (χ1v) is 9.96. The van der Waals surface area contributed by atoms with Gasteiger partial charge in [-0.15, -0.1) is 0 Å². The van der Waals surface area contributed by atoms with Crippen LogP contribution in [0.1, 0.15) is 11.1 Å². The molecule has 0 radical (unpaired) electrons. The zero-order valence-electron chi connectivity index (χ0n) is 15.0. The fourth-order valence-corrected chi connectivity index (χ4v) is 4.16. The summed E-state index contributed by atoms with van der Waals surface area (Å²) in [6, 6.07) is 13.9. The van der Waals surface area contributed by atoms with E-state index >= 15 is 0 Å². The van der Waals surface area contributed by atoms with Crippen LogP contribution in [-0.2, 0) is 32.6 Å². The van der Waals surface area contributed by atoms with Crippen LogP contribution in [0.5, 0.6) is 5.75 Å². The van der Waals surface area contributed by atoms with Crippen LogP contribution in [0.3, 0.4) is 0 Å². The van der Waals surface area contributed by atoms with Gasteiger partial charge in [0.15, 0.2) is 6.61 Å². The average Bonchev–Trinajstić information content (AvgIpc) is 2.66. The first kappa shape index (κ1) is 19.3. The Kier molecular flexibility index (Phi) is 5.79. The number of carbonyl (C=O) groups is 1. The second-order valence-corrected chi connectivity index (χ2v) is 8.46. The van der Waals surface area contributed by atoms with Gasteiger partial charge in [-0.2, -0.15) is 4.31 Å². The van der Waals surface area contributed by atoms with Gasteiger partial charge in [-0.25, -0.2) is 8.42 Å². The predicted octanol–water partition coefficient (Wildman–Crippen LogP) is 1.31. The number of nitrogens with zero attached hydrogens (tertiary/aromatic N) is 1. The van der Waals surface area contributed by atoms with Gasteiger partial charge < -0.3 is 15.2 Å². The Balaban J connectivity index is 1.65. The van der Waals surface area contributed by atoms with Crippen LogP contribution in [0.25, 0.3) is 0 Å². The zero-order chi connectivity index (χ0) is 19.4. The van der Waals surface area contributed by atoms with E-state index in [1.54, 1.807) is 0 Å². The molecule has 27 heavy (non-hydrogen) atoms. The third-order valence-corrected chi connectivity index (χ3v) is 6.25. The molecule has 0 bridgehead atoms. The summed E-state index contributed by atoms with van der Waals surface area (Å²) in [4.78, 5) is 10.9. The van der Waals surface area contributed by atoms with E-state index < -0.39 is 15.9 Å². The minimum Gasteiger partial charge on any atom is -0.484 e. The summed E-state index contributed by atoms with van der Waals surface area (Å²) in [6.45, 7) is 0.490. The van der Waals surface area contributed by atoms with Gasteiger partial charge in [0.2, 0.25) is 10.0 Å². The van der Waals surface area contributed by atoms with Gasteiger partial charge in [-0.3, -0.25) is 4.79 Å². The highest BCUT2D eigenvalue weighted by Gasteiger charge is 2.26. The molecule has 144 valence electrons. The zero-order valence-corrected chi connectivity index (χ0v) is 15.8. The lowest BCUT2D eigenvalue weighted by Crippen LogP contribution is -2.38. The van der Waals surface area contributed by atoms with Crippen LogP contribution in [-0.4, -0.2) is 44.9 Å². The average molecular weight is 390 g/mol. The van der Waals surface area contributed by atoms with E-state index in [1.165, 1.54) is 41.2 Å². The second-order valence-electron chi connectivity index (χ2n) is 6.42. The van der Waals surface area contributed by atoms with Crippen molar-refractivity contribution in [1.29, 1.82) is 0 Å². The summed E-state index contributed by atoms with van der Waals surface area (Å²) < 4.78 is 37.8. The third kappa shape index (κ3) is 4.65. The Morgan fingerprint density at radius 3 is 2.52 bits per heavy atom. The SMILES string of the molecule is CN(C[C@H]1Cc2ccccc2CO1)S(=O)(=O)c1ccc(OCC(N)=O)cc1. The standard InChI is InChI=1S/C19H22N2O5S/c1-21(11-17-10-14-4-2-3-5-15(14)12-25-17)27(23,24)18-8-6-16(7-9-18)26-13-19(20)22/h2-9,17H,10-13H2,1H3,(H2,20,22)/t17-/m1/s1. The van der Waals surface area contributed by atoms with Crippen LogP contribution < -0.4 is 10.5 Å². The highest BCUT2D eigenvalue weighted by atomic mass is 32.2. The van der Waals surface area contributed by atoms with Crippen LogP contribution in [0, 0.1) is 0 Å². The molecule has 3 rings (SSSR count). The van der Waals surface area contributed by atoms with Crippen molar-refractivity contribution in [3.63, 3.8) is 0 Å². The maximum Gasteiger partial charge on any atom is 0.255 e. The van der Waals surface area contributed by atoms with Crippen LogP contribution in [0.2, 0.25) is 0 Å². The normalized spacial score (nSPS) is 16.7. The van der Waals surface area contributed by atoms with Crippen molar-refractivity contribution in [1.82, 2.24) is 4.31 Å². The molecule has 8 heteroatoms. The third-order valence-electron chi connectivity index (χ3n) is 4.41. The maximum absolute atomic E-state index is 12.8. The van der Waals surface area contributed by atoms with Crippen molar-refractivity contribution in [2.45, 2.75) is 24.0 Å². The Hall–Kier alpha value is -2.42. The monoisotopic (exact) mass is 390 g/mol. The number of hydrogen-bond donors (Lipinski definition) is 1.